The van der Waals surface area contributed by atoms with Crippen LogP contribution in [0.5, 0.6) is 0 Å². The first-order valence-electron chi connectivity index (χ1n) is 6.11. The van der Waals surface area contributed by atoms with Crippen LogP contribution in [0.25, 0.3) is 5.69 Å². The van der Waals surface area contributed by atoms with E-state index < -0.39 is 29.6 Å². The van der Waals surface area contributed by atoms with E-state index in [4.69, 9.17) is 0 Å². The Kier molecular flexibility index (Phi) is 4.10. The Morgan fingerprint density at radius 1 is 1.04 bits per heavy atom. The molecule has 2 aromatic rings. The number of alkyl halides is 6. The third-order valence-electron chi connectivity index (χ3n) is 2.72. The van der Waals surface area contributed by atoms with Gasteiger partial charge in [-0.25, -0.2) is 4.68 Å². The molecule has 0 spiro atoms. The van der Waals surface area contributed by atoms with Crippen molar-refractivity contribution in [2.45, 2.75) is 19.3 Å². The highest BCUT2D eigenvalue weighted by molar-refractivity contribution is 5.88. The van der Waals surface area contributed by atoms with E-state index in [0.29, 0.717) is 0 Å². The summed E-state index contributed by atoms with van der Waals surface area (Å²) < 4.78 is 76.7. The Morgan fingerprint density at radius 3 is 2.04 bits per heavy atom. The molecule has 0 saturated heterocycles. The number of benzene rings is 1. The second-order valence-corrected chi connectivity index (χ2v) is 4.55. The molecule has 0 bridgehead atoms. The molecular weight excluding hydrogens is 328 g/mol. The number of halogens is 6. The third-order valence-corrected chi connectivity index (χ3v) is 2.72. The van der Waals surface area contributed by atoms with Crippen molar-refractivity contribution in [3.8, 4) is 5.69 Å². The number of carbonyl (C=O) groups excluding carboxylic acids is 1. The molecule has 0 saturated carbocycles. The Morgan fingerprint density at radius 2 is 1.61 bits per heavy atom. The van der Waals surface area contributed by atoms with Crippen LogP contribution in [0, 0.1) is 0 Å². The predicted octanol–water partition coefficient (Wildman–Crippen LogP) is 3.87. The largest absolute Gasteiger partial charge is 0.435 e. The first-order chi connectivity index (χ1) is 10.5. The van der Waals surface area contributed by atoms with Crippen LogP contribution in [0.4, 0.5) is 32.0 Å². The maximum atomic E-state index is 12.9. The van der Waals surface area contributed by atoms with E-state index in [2.05, 4.69) is 10.4 Å². The molecule has 2 rings (SSSR count). The fraction of sp³-hybridized carbons (Fsp3) is 0.231. The van der Waals surface area contributed by atoms with Gasteiger partial charge in [0, 0.05) is 18.7 Å². The summed E-state index contributed by atoms with van der Waals surface area (Å²) in [6.07, 6.45) is -10.0. The monoisotopic (exact) mass is 337 g/mol. The molecule has 10 heteroatoms. The zero-order chi connectivity index (χ0) is 17.4. The molecule has 0 aliphatic rings. The molecule has 1 heterocycles. The maximum Gasteiger partial charge on any atom is 0.435 e. The molecule has 0 unspecified atom stereocenters. The van der Waals surface area contributed by atoms with Crippen LogP contribution in [0.2, 0.25) is 0 Å². The van der Waals surface area contributed by atoms with Crippen molar-refractivity contribution in [3.05, 3.63) is 41.7 Å². The number of hydrogen-bond acceptors (Lipinski definition) is 2. The SMILES string of the molecule is CC(=O)Nc1ccc(-n2nc(C(F)(F)F)cc2C(F)(F)F)cc1. The molecule has 1 aromatic carbocycles. The van der Waals surface area contributed by atoms with Crippen LogP contribution in [0.1, 0.15) is 18.3 Å². The van der Waals surface area contributed by atoms with Gasteiger partial charge in [-0.2, -0.15) is 31.4 Å². The number of rotatable bonds is 2. The number of amides is 1. The quantitative estimate of drug-likeness (QED) is 0.846. The zero-order valence-corrected chi connectivity index (χ0v) is 11.5. The van der Waals surface area contributed by atoms with Crippen molar-refractivity contribution in [2.75, 3.05) is 5.32 Å². The summed E-state index contributed by atoms with van der Waals surface area (Å²) in [4.78, 5) is 10.9. The molecule has 0 aliphatic heterocycles. The standard InChI is InChI=1S/C13H9F6N3O/c1-7(23)20-8-2-4-9(5-3-8)22-11(13(17,18)19)6-10(21-22)12(14,15)16/h2-6H,1H3,(H,20,23). The van der Waals surface area contributed by atoms with Gasteiger partial charge in [0.2, 0.25) is 5.91 Å². The van der Waals surface area contributed by atoms with Gasteiger partial charge in [-0.3, -0.25) is 4.79 Å². The van der Waals surface area contributed by atoms with Crippen molar-refractivity contribution < 1.29 is 31.1 Å². The highest BCUT2D eigenvalue weighted by Crippen LogP contribution is 2.36. The van der Waals surface area contributed by atoms with Gasteiger partial charge in [0.1, 0.15) is 5.69 Å². The molecule has 4 nitrogen and oxygen atoms in total. The number of aromatic nitrogens is 2. The Hall–Kier alpha value is -2.52. The van der Waals surface area contributed by atoms with Crippen molar-refractivity contribution in [1.29, 1.82) is 0 Å². The van der Waals surface area contributed by atoms with Crippen molar-refractivity contribution >= 4 is 11.6 Å². The minimum absolute atomic E-state index is 0.0538. The van der Waals surface area contributed by atoms with Gasteiger partial charge in [-0.15, -0.1) is 0 Å². The van der Waals surface area contributed by atoms with Gasteiger partial charge < -0.3 is 5.32 Å². The number of carbonyl (C=O) groups is 1. The summed E-state index contributed by atoms with van der Waals surface area (Å²) >= 11 is 0. The summed E-state index contributed by atoms with van der Waals surface area (Å²) in [5.74, 6) is -0.396. The number of nitrogens with zero attached hydrogens (tertiary/aromatic N) is 2. The lowest BCUT2D eigenvalue weighted by Gasteiger charge is -2.10. The van der Waals surface area contributed by atoms with Crippen LogP contribution >= 0.6 is 0 Å². The summed E-state index contributed by atoms with van der Waals surface area (Å²) in [5, 5.41) is 5.38. The lowest BCUT2D eigenvalue weighted by atomic mass is 10.2. The second-order valence-electron chi connectivity index (χ2n) is 4.55. The molecule has 1 amide bonds. The summed E-state index contributed by atoms with van der Waals surface area (Å²) in [7, 11) is 0. The average molecular weight is 337 g/mol. The van der Waals surface area contributed by atoms with Crippen molar-refractivity contribution in [1.82, 2.24) is 9.78 Å². The van der Waals surface area contributed by atoms with Crippen LogP contribution in [0.3, 0.4) is 0 Å². The lowest BCUT2D eigenvalue weighted by molar-refractivity contribution is -0.143. The van der Waals surface area contributed by atoms with Crippen LogP contribution in [0.15, 0.2) is 30.3 Å². The van der Waals surface area contributed by atoms with Gasteiger partial charge in [0.25, 0.3) is 0 Å². The van der Waals surface area contributed by atoms with E-state index in [9.17, 15) is 31.1 Å². The van der Waals surface area contributed by atoms with Gasteiger partial charge in [0.05, 0.1) is 5.69 Å². The normalized spacial score (nSPS) is 12.3. The fourth-order valence-corrected chi connectivity index (χ4v) is 1.81. The smallest absolute Gasteiger partial charge is 0.326 e. The Labute approximate surface area is 125 Å². The van der Waals surface area contributed by atoms with E-state index >= 15 is 0 Å². The molecule has 1 aromatic heterocycles. The van der Waals surface area contributed by atoms with E-state index in [0.717, 1.165) is 12.1 Å². The van der Waals surface area contributed by atoms with Gasteiger partial charge >= 0.3 is 12.4 Å². The van der Waals surface area contributed by atoms with Crippen LogP contribution in [-0.4, -0.2) is 15.7 Å². The first kappa shape index (κ1) is 16.8. The molecule has 124 valence electrons. The second kappa shape index (κ2) is 5.60. The fourth-order valence-electron chi connectivity index (χ4n) is 1.81. The summed E-state index contributed by atoms with van der Waals surface area (Å²) in [6, 6.07) is 4.70. The molecule has 1 N–H and O–H groups in total. The Balaban J connectivity index is 2.49. The highest BCUT2D eigenvalue weighted by atomic mass is 19.4. The van der Waals surface area contributed by atoms with Crippen molar-refractivity contribution in [3.63, 3.8) is 0 Å². The van der Waals surface area contributed by atoms with E-state index in [1.54, 1.807) is 0 Å². The third kappa shape index (κ3) is 3.82. The first-order valence-corrected chi connectivity index (χ1v) is 6.11. The van der Waals surface area contributed by atoms with E-state index in [1.165, 1.54) is 19.1 Å². The maximum absolute atomic E-state index is 12.9. The van der Waals surface area contributed by atoms with Gasteiger partial charge in [-0.1, -0.05) is 0 Å². The molecular formula is C13H9F6N3O. The van der Waals surface area contributed by atoms with Crippen LogP contribution in [-0.2, 0) is 17.1 Å². The van der Waals surface area contributed by atoms with E-state index in [1.807, 2.05) is 0 Å². The Bertz CT molecular complexity index is 715. The van der Waals surface area contributed by atoms with Crippen molar-refractivity contribution in [2.24, 2.45) is 0 Å². The molecule has 0 atom stereocenters. The van der Waals surface area contributed by atoms with E-state index in [-0.39, 0.29) is 22.1 Å². The predicted molar refractivity (Wildman–Crippen MR) is 67.9 cm³/mol. The summed E-state index contributed by atoms with van der Waals surface area (Å²) in [5.41, 5.74) is -3.12. The minimum Gasteiger partial charge on any atom is -0.326 e. The number of anilines is 1. The summed E-state index contributed by atoms with van der Waals surface area (Å²) in [6.45, 7) is 1.23. The highest BCUT2D eigenvalue weighted by Gasteiger charge is 2.42. The van der Waals surface area contributed by atoms with Gasteiger partial charge in [0.15, 0.2) is 5.69 Å². The van der Waals surface area contributed by atoms with Crippen LogP contribution < -0.4 is 5.32 Å². The molecule has 23 heavy (non-hydrogen) atoms. The molecule has 0 aliphatic carbocycles. The average Bonchev–Trinajstić information content (AvgIpc) is 2.83. The number of hydrogen-bond donors (Lipinski definition) is 1. The minimum atomic E-state index is -5.01. The topological polar surface area (TPSA) is 46.9 Å². The van der Waals surface area contributed by atoms with Gasteiger partial charge in [-0.05, 0) is 24.3 Å². The molecule has 0 radical (unpaired) electrons. The number of nitrogens with one attached hydrogen (secondary N) is 1. The zero-order valence-electron chi connectivity index (χ0n) is 11.5. The lowest BCUT2D eigenvalue weighted by Crippen LogP contribution is -2.13. The molecule has 0 fully saturated rings.